The Morgan fingerprint density at radius 3 is 1.88 bits per heavy atom. The highest BCUT2D eigenvalue weighted by atomic mass is 32.2. The lowest BCUT2D eigenvalue weighted by Gasteiger charge is -2.29. The van der Waals surface area contributed by atoms with Crippen LogP contribution >= 0.6 is 0 Å². The second-order valence-corrected chi connectivity index (χ2v) is 5.86. The minimum Gasteiger partial charge on any atom is -0.480 e. The van der Waals surface area contributed by atoms with Crippen LogP contribution in [0.4, 0.5) is 13.2 Å². The van der Waals surface area contributed by atoms with Gasteiger partial charge in [0.15, 0.2) is 0 Å². The molecule has 0 fully saturated rings. The standard InChI is InChI=1S/C7H12F3NO4S/c1-4(2)16(14,15)11-6(3,5(12)13)7(8,9)10/h4,11H,1-3H3,(H,12,13). The summed E-state index contributed by atoms with van der Waals surface area (Å²) in [6.07, 6.45) is -5.22. The quantitative estimate of drug-likeness (QED) is 0.782. The molecule has 16 heavy (non-hydrogen) atoms. The van der Waals surface area contributed by atoms with Gasteiger partial charge in [-0.05, 0) is 20.8 Å². The number of rotatable bonds is 4. The maximum Gasteiger partial charge on any atom is 0.418 e. The van der Waals surface area contributed by atoms with E-state index in [0.717, 1.165) is 18.6 Å². The summed E-state index contributed by atoms with van der Waals surface area (Å²) in [7, 11) is -4.33. The molecular weight excluding hydrogens is 251 g/mol. The van der Waals surface area contributed by atoms with E-state index in [1.165, 1.54) is 0 Å². The lowest BCUT2D eigenvalue weighted by molar-refractivity contribution is -0.201. The summed E-state index contributed by atoms with van der Waals surface area (Å²) in [5.74, 6) is -2.30. The van der Waals surface area contributed by atoms with Gasteiger partial charge in [-0.1, -0.05) is 0 Å². The highest BCUT2D eigenvalue weighted by Gasteiger charge is 2.59. The second-order valence-electron chi connectivity index (χ2n) is 3.62. The van der Waals surface area contributed by atoms with Crippen molar-refractivity contribution in [1.29, 1.82) is 0 Å². The van der Waals surface area contributed by atoms with Gasteiger partial charge in [0, 0.05) is 0 Å². The first-order valence-electron chi connectivity index (χ1n) is 4.17. The maximum atomic E-state index is 12.4. The molecule has 0 radical (unpaired) electrons. The maximum absolute atomic E-state index is 12.4. The number of halogens is 3. The third-order valence-corrected chi connectivity index (χ3v) is 3.90. The molecule has 0 saturated heterocycles. The molecule has 1 unspecified atom stereocenters. The van der Waals surface area contributed by atoms with Gasteiger partial charge in [0.25, 0.3) is 0 Å². The van der Waals surface area contributed by atoms with Crippen molar-refractivity contribution >= 4 is 16.0 Å². The van der Waals surface area contributed by atoms with Crippen molar-refractivity contribution in [3.05, 3.63) is 0 Å². The summed E-state index contributed by atoms with van der Waals surface area (Å²) in [5, 5.41) is 7.31. The molecule has 0 aliphatic rings. The number of hydrogen-bond acceptors (Lipinski definition) is 3. The Bertz CT molecular complexity index is 376. The van der Waals surface area contributed by atoms with Crippen molar-refractivity contribution < 1.29 is 31.5 Å². The number of hydrogen-bond donors (Lipinski definition) is 2. The second kappa shape index (κ2) is 4.21. The Labute approximate surface area is 90.7 Å². The highest BCUT2D eigenvalue weighted by Crippen LogP contribution is 2.31. The van der Waals surface area contributed by atoms with E-state index in [2.05, 4.69) is 0 Å². The Morgan fingerprint density at radius 2 is 1.69 bits per heavy atom. The fourth-order valence-electron chi connectivity index (χ4n) is 0.625. The van der Waals surface area contributed by atoms with Gasteiger partial charge in [-0.25, -0.2) is 13.2 Å². The fraction of sp³-hybridized carbons (Fsp3) is 0.857. The number of aliphatic carboxylic acids is 1. The van der Waals surface area contributed by atoms with E-state index < -0.39 is 33.0 Å². The van der Waals surface area contributed by atoms with Crippen LogP contribution in [0.1, 0.15) is 20.8 Å². The fourth-order valence-corrected chi connectivity index (χ4v) is 1.63. The van der Waals surface area contributed by atoms with E-state index in [1.807, 2.05) is 0 Å². The average Bonchev–Trinajstić information content (AvgIpc) is 2.00. The van der Waals surface area contributed by atoms with Crippen LogP contribution in [0.25, 0.3) is 0 Å². The molecule has 0 heterocycles. The summed E-state index contributed by atoms with van der Waals surface area (Å²) >= 11 is 0. The molecule has 96 valence electrons. The van der Waals surface area contributed by atoms with E-state index in [9.17, 15) is 26.4 Å². The van der Waals surface area contributed by atoms with Crippen LogP contribution < -0.4 is 4.72 Å². The van der Waals surface area contributed by atoms with Crippen LogP contribution in [-0.4, -0.2) is 36.5 Å². The lowest BCUT2D eigenvalue weighted by atomic mass is 10.0. The topological polar surface area (TPSA) is 83.5 Å². The first kappa shape index (κ1) is 15.2. The third-order valence-electron chi connectivity index (χ3n) is 1.96. The predicted molar refractivity (Wildman–Crippen MR) is 49.3 cm³/mol. The zero-order valence-corrected chi connectivity index (χ0v) is 9.61. The Morgan fingerprint density at radius 1 is 1.31 bits per heavy atom. The van der Waals surface area contributed by atoms with Gasteiger partial charge in [-0.2, -0.15) is 17.9 Å². The van der Waals surface area contributed by atoms with E-state index in [0.29, 0.717) is 0 Å². The van der Waals surface area contributed by atoms with E-state index in [1.54, 1.807) is 0 Å². The summed E-state index contributed by atoms with van der Waals surface area (Å²) in [4.78, 5) is 10.5. The number of nitrogens with one attached hydrogen (secondary N) is 1. The minimum atomic E-state index is -5.22. The van der Waals surface area contributed by atoms with Gasteiger partial charge in [-0.3, -0.25) is 0 Å². The van der Waals surface area contributed by atoms with E-state index in [-0.39, 0.29) is 6.92 Å². The van der Waals surface area contributed by atoms with Gasteiger partial charge in [0.2, 0.25) is 15.6 Å². The first-order valence-corrected chi connectivity index (χ1v) is 5.72. The molecule has 0 aliphatic heterocycles. The van der Waals surface area contributed by atoms with Crippen LogP contribution in [-0.2, 0) is 14.8 Å². The monoisotopic (exact) mass is 263 g/mol. The van der Waals surface area contributed by atoms with Crippen molar-refractivity contribution in [2.24, 2.45) is 0 Å². The molecule has 0 rings (SSSR count). The number of sulfonamides is 1. The number of alkyl halides is 3. The molecule has 1 atom stereocenters. The Hall–Kier alpha value is -0.830. The van der Waals surface area contributed by atoms with E-state index >= 15 is 0 Å². The van der Waals surface area contributed by atoms with Gasteiger partial charge in [0.1, 0.15) is 0 Å². The summed E-state index contributed by atoms with van der Waals surface area (Å²) in [6.45, 7) is 2.54. The normalized spacial score (nSPS) is 17.2. The van der Waals surface area contributed by atoms with Crippen molar-refractivity contribution in [3.63, 3.8) is 0 Å². The molecule has 5 nitrogen and oxygen atoms in total. The molecule has 0 aromatic carbocycles. The molecule has 2 N–H and O–H groups in total. The van der Waals surface area contributed by atoms with Gasteiger partial charge in [0.05, 0.1) is 5.25 Å². The molecule has 0 spiro atoms. The van der Waals surface area contributed by atoms with Crippen molar-refractivity contribution in [1.82, 2.24) is 4.72 Å². The Balaban J connectivity index is 5.39. The molecule has 0 aliphatic carbocycles. The first-order chi connectivity index (χ1) is 6.84. The van der Waals surface area contributed by atoms with Crippen LogP contribution in [0.5, 0.6) is 0 Å². The predicted octanol–water partition coefficient (Wildman–Crippen LogP) is 0.720. The SMILES string of the molecule is CC(C)S(=O)(=O)NC(C)(C(=O)O)C(F)(F)F. The largest absolute Gasteiger partial charge is 0.480 e. The van der Waals surface area contributed by atoms with Crippen molar-refractivity contribution in [2.45, 2.75) is 37.7 Å². The van der Waals surface area contributed by atoms with Crippen molar-refractivity contribution in [2.75, 3.05) is 0 Å². The van der Waals surface area contributed by atoms with Gasteiger partial charge >= 0.3 is 12.1 Å². The summed E-state index contributed by atoms with van der Waals surface area (Å²) in [5.41, 5.74) is -3.52. The molecule has 0 aromatic rings. The number of carboxylic acids is 1. The average molecular weight is 263 g/mol. The zero-order valence-electron chi connectivity index (χ0n) is 8.79. The number of carbonyl (C=O) groups is 1. The molecular formula is C7H12F3NO4S. The smallest absolute Gasteiger partial charge is 0.418 e. The van der Waals surface area contributed by atoms with Crippen LogP contribution in [0.2, 0.25) is 0 Å². The van der Waals surface area contributed by atoms with Gasteiger partial charge < -0.3 is 5.11 Å². The van der Waals surface area contributed by atoms with Crippen LogP contribution in [0, 0.1) is 0 Å². The van der Waals surface area contributed by atoms with Gasteiger partial charge in [-0.15, -0.1) is 0 Å². The summed E-state index contributed by atoms with van der Waals surface area (Å²) in [6, 6.07) is 0. The lowest BCUT2D eigenvalue weighted by Crippen LogP contribution is -2.62. The zero-order chi connectivity index (χ0) is 13.4. The molecule has 0 aromatic heterocycles. The molecule has 0 amide bonds. The van der Waals surface area contributed by atoms with Crippen LogP contribution in [0.15, 0.2) is 0 Å². The highest BCUT2D eigenvalue weighted by molar-refractivity contribution is 7.90. The van der Waals surface area contributed by atoms with E-state index in [4.69, 9.17) is 5.11 Å². The molecule has 9 heteroatoms. The third kappa shape index (κ3) is 2.85. The Kier molecular flexibility index (Phi) is 3.99. The number of carboxylic acid groups (broad SMARTS) is 1. The molecule has 0 bridgehead atoms. The summed E-state index contributed by atoms with van der Waals surface area (Å²) < 4.78 is 60.9. The molecule has 0 saturated carbocycles. The van der Waals surface area contributed by atoms with Crippen LogP contribution in [0.3, 0.4) is 0 Å². The minimum absolute atomic E-state index is 0.259. The van der Waals surface area contributed by atoms with Crippen molar-refractivity contribution in [3.8, 4) is 0 Å².